The van der Waals surface area contributed by atoms with Gasteiger partial charge in [-0.25, -0.2) is 18.6 Å². The highest BCUT2D eigenvalue weighted by Crippen LogP contribution is 2.39. The average molecular weight is 781 g/mol. The number of imide groups is 1. The number of fused-ring (bicyclic) bond motifs is 2. The Hall–Kier alpha value is -5.65. The van der Waals surface area contributed by atoms with Crippen LogP contribution in [0.4, 0.5) is 27.6 Å². The minimum atomic E-state index is -4.68. The van der Waals surface area contributed by atoms with E-state index < -0.39 is 59.9 Å². The van der Waals surface area contributed by atoms with Crippen LogP contribution in [0.3, 0.4) is 0 Å². The third kappa shape index (κ3) is 7.01. The minimum Gasteiger partial charge on any atom is -0.482 e. The molecule has 0 radical (unpaired) electrons. The zero-order valence-corrected chi connectivity index (χ0v) is 30.1. The molecule has 1 saturated carbocycles. The molecule has 294 valence electrons. The number of aromatic nitrogens is 5. The average Bonchev–Trinajstić information content (AvgIpc) is 3.70. The second kappa shape index (κ2) is 14.1. The number of pyridine rings is 1. The lowest BCUT2D eigenvalue weighted by atomic mass is 9.88. The molecule has 8 rings (SSSR count). The highest BCUT2D eigenvalue weighted by Gasteiger charge is 2.48. The number of anilines is 1. The van der Waals surface area contributed by atoms with Crippen molar-refractivity contribution in [3.63, 3.8) is 0 Å². The molecule has 0 spiro atoms. The number of imidazole rings is 1. The van der Waals surface area contributed by atoms with Crippen LogP contribution in [0.2, 0.25) is 0 Å². The van der Waals surface area contributed by atoms with Crippen LogP contribution in [0.15, 0.2) is 65.6 Å². The van der Waals surface area contributed by atoms with E-state index in [1.165, 1.54) is 28.3 Å². The van der Waals surface area contributed by atoms with Gasteiger partial charge in [0.15, 0.2) is 6.10 Å². The summed E-state index contributed by atoms with van der Waals surface area (Å²) in [4.78, 5) is 55.5. The Kier molecular flexibility index (Phi) is 9.41. The molecule has 3 fully saturated rings. The SMILES string of the molecule is Cn1c(=O)n(C2CCC(=O)NC2=O)c2cccc(OC3CCN([C@H]4CC[C@H](n5cc6cc(NC(=O)c7cccc(C(F)(F)F)n7)ccc6n5)CC4)CC3(F)F)c21. The number of nitrogens with zero attached hydrogens (tertiary/aromatic N) is 6. The summed E-state index contributed by atoms with van der Waals surface area (Å²) in [5.41, 5.74) is -0.382. The molecule has 2 aliphatic heterocycles. The summed E-state index contributed by atoms with van der Waals surface area (Å²) in [7, 11) is 1.49. The number of benzene rings is 2. The number of piperidine rings is 2. The van der Waals surface area contributed by atoms with Gasteiger partial charge in [-0.15, -0.1) is 0 Å². The Morgan fingerprint density at radius 2 is 1.71 bits per heavy atom. The van der Waals surface area contributed by atoms with Crippen molar-refractivity contribution in [3.05, 3.63) is 82.7 Å². The third-order valence-electron chi connectivity index (χ3n) is 11.0. The first-order valence-corrected chi connectivity index (χ1v) is 18.3. The molecule has 1 aliphatic carbocycles. The van der Waals surface area contributed by atoms with E-state index in [-0.39, 0.29) is 42.8 Å². The number of halogens is 5. The smallest absolute Gasteiger partial charge is 0.433 e. The predicted octanol–water partition coefficient (Wildman–Crippen LogP) is 5.61. The van der Waals surface area contributed by atoms with Crippen LogP contribution in [-0.4, -0.2) is 77.7 Å². The number of ether oxygens (including phenoxy) is 1. The van der Waals surface area contributed by atoms with Gasteiger partial charge in [0.2, 0.25) is 11.8 Å². The second-order valence-electron chi connectivity index (χ2n) is 14.6. The van der Waals surface area contributed by atoms with Gasteiger partial charge in [0, 0.05) is 49.7 Å². The summed E-state index contributed by atoms with van der Waals surface area (Å²) in [5, 5.41) is 10.3. The summed E-state index contributed by atoms with van der Waals surface area (Å²) in [6.45, 7) is -0.104. The van der Waals surface area contributed by atoms with Crippen molar-refractivity contribution in [1.82, 2.24) is 34.1 Å². The van der Waals surface area contributed by atoms with Gasteiger partial charge in [0.1, 0.15) is 28.7 Å². The van der Waals surface area contributed by atoms with Gasteiger partial charge in [-0.2, -0.15) is 18.3 Å². The lowest BCUT2D eigenvalue weighted by molar-refractivity contribution is -0.148. The molecule has 3 amide bonds. The lowest BCUT2D eigenvalue weighted by Gasteiger charge is -2.43. The minimum absolute atomic E-state index is 0.0204. The molecule has 2 N–H and O–H groups in total. The van der Waals surface area contributed by atoms with Crippen molar-refractivity contribution in [1.29, 1.82) is 0 Å². The number of hydrogen-bond donors (Lipinski definition) is 2. The number of hydrogen-bond acceptors (Lipinski definition) is 8. The summed E-state index contributed by atoms with van der Waals surface area (Å²) in [6.07, 6.45) is -1.28. The molecule has 2 unspecified atom stereocenters. The Labute approximate surface area is 315 Å². The number of likely N-dealkylation sites (tertiary alicyclic amines) is 1. The van der Waals surface area contributed by atoms with Gasteiger partial charge in [-0.05, 0) is 74.6 Å². The van der Waals surface area contributed by atoms with Gasteiger partial charge in [0.05, 0.1) is 23.6 Å². The van der Waals surface area contributed by atoms with E-state index in [1.807, 2.05) is 15.8 Å². The van der Waals surface area contributed by atoms with Crippen LogP contribution in [0, 0.1) is 0 Å². The van der Waals surface area contributed by atoms with Crippen LogP contribution in [0.5, 0.6) is 5.75 Å². The van der Waals surface area contributed by atoms with Crippen molar-refractivity contribution in [2.75, 3.05) is 18.4 Å². The van der Waals surface area contributed by atoms with Crippen molar-refractivity contribution in [2.45, 2.75) is 81.3 Å². The molecular formula is C38H37F5N8O5. The summed E-state index contributed by atoms with van der Waals surface area (Å²) < 4.78 is 81.3. The normalized spacial score (nSPS) is 23.3. The summed E-state index contributed by atoms with van der Waals surface area (Å²) in [6, 6.07) is 11.9. The van der Waals surface area contributed by atoms with E-state index in [4.69, 9.17) is 9.84 Å². The lowest BCUT2D eigenvalue weighted by Crippen LogP contribution is -2.56. The fourth-order valence-corrected chi connectivity index (χ4v) is 8.19. The van der Waals surface area contributed by atoms with Gasteiger partial charge in [-0.1, -0.05) is 12.1 Å². The molecule has 56 heavy (non-hydrogen) atoms. The first-order chi connectivity index (χ1) is 26.7. The molecule has 5 aromatic rings. The molecule has 2 aromatic carbocycles. The van der Waals surface area contributed by atoms with E-state index >= 15 is 8.78 Å². The summed E-state index contributed by atoms with van der Waals surface area (Å²) in [5.74, 6) is -4.88. The Balaban J connectivity index is 0.892. The monoisotopic (exact) mass is 780 g/mol. The summed E-state index contributed by atoms with van der Waals surface area (Å²) >= 11 is 0. The molecule has 2 saturated heterocycles. The van der Waals surface area contributed by atoms with Crippen LogP contribution in [-0.2, 0) is 22.8 Å². The molecule has 2 atom stereocenters. The maximum atomic E-state index is 15.8. The predicted molar refractivity (Wildman–Crippen MR) is 192 cm³/mol. The number of rotatable bonds is 7. The van der Waals surface area contributed by atoms with E-state index in [9.17, 15) is 32.3 Å². The van der Waals surface area contributed by atoms with Crippen LogP contribution >= 0.6 is 0 Å². The molecule has 5 heterocycles. The number of carbonyl (C=O) groups is 3. The zero-order valence-electron chi connectivity index (χ0n) is 30.1. The molecule has 18 heteroatoms. The number of nitrogens with one attached hydrogen (secondary N) is 2. The first-order valence-electron chi connectivity index (χ1n) is 18.3. The van der Waals surface area contributed by atoms with Crippen LogP contribution in [0.1, 0.15) is 73.2 Å². The molecule has 13 nitrogen and oxygen atoms in total. The number of carbonyl (C=O) groups excluding carboxylic acids is 3. The van der Waals surface area contributed by atoms with E-state index in [0.717, 1.165) is 12.1 Å². The number of para-hydroxylation sites is 1. The quantitative estimate of drug-likeness (QED) is 0.160. The van der Waals surface area contributed by atoms with Crippen molar-refractivity contribution in [3.8, 4) is 5.75 Å². The molecule has 0 bridgehead atoms. The second-order valence-corrected chi connectivity index (χ2v) is 14.6. The van der Waals surface area contributed by atoms with Crippen LogP contribution < -0.4 is 21.1 Å². The number of aryl methyl sites for hydroxylation is 1. The fourth-order valence-electron chi connectivity index (χ4n) is 8.19. The van der Waals surface area contributed by atoms with Gasteiger partial charge in [0.25, 0.3) is 11.8 Å². The highest BCUT2D eigenvalue weighted by molar-refractivity contribution is 6.04. The maximum absolute atomic E-state index is 15.8. The topological polar surface area (TPSA) is 145 Å². The van der Waals surface area contributed by atoms with Gasteiger partial charge < -0.3 is 10.1 Å². The Morgan fingerprint density at radius 3 is 2.45 bits per heavy atom. The standard InChI is InChI=1S/C38H37F5N8O5/c1-48-33-27(51(36(48)55)28-14-15-32(52)46-35(28)54)5-3-6-29(33)56-31-16-17-49(20-37(31,39)40)23-9-11-24(12-10-23)50-19-21-18-22(8-13-25(21)47-50)44-34(53)26-4-2-7-30(45-26)38(41,42)43/h2-8,13,18-19,23-24,28,31H,9-12,14-17,20H2,1H3,(H,44,53)(H,46,52,54)/t23-,24-,28?,31?. The largest absolute Gasteiger partial charge is 0.482 e. The number of amides is 3. The number of alkyl halides is 5. The third-order valence-corrected chi connectivity index (χ3v) is 11.0. The van der Waals surface area contributed by atoms with Gasteiger partial charge >= 0.3 is 11.9 Å². The van der Waals surface area contributed by atoms with E-state index in [2.05, 4.69) is 15.6 Å². The van der Waals surface area contributed by atoms with Crippen molar-refractivity contribution < 1.29 is 41.1 Å². The Morgan fingerprint density at radius 1 is 0.964 bits per heavy atom. The van der Waals surface area contributed by atoms with Crippen molar-refractivity contribution in [2.24, 2.45) is 7.05 Å². The molecule has 3 aliphatic rings. The van der Waals surface area contributed by atoms with Gasteiger partial charge in [-0.3, -0.25) is 38.4 Å². The van der Waals surface area contributed by atoms with Crippen molar-refractivity contribution >= 4 is 45.3 Å². The van der Waals surface area contributed by atoms with Crippen LogP contribution in [0.25, 0.3) is 21.9 Å². The maximum Gasteiger partial charge on any atom is 0.433 e. The molecular weight excluding hydrogens is 743 g/mol. The fraction of sp³-hybridized carbons (Fsp3) is 0.421. The molecule has 3 aromatic heterocycles. The Bertz CT molecular complexity index is 2410. The van der Waals surface area contributed by atoms with E-state index in [0.29, 0.717) is 59.9 Å². The highest BCUT2D eigenvalue weighted by atomic mass is 19.4. The first kappa shape index (κ1) is 37.3. The van der Waals surface area contributed by atoms with E-state index in [1.54, 1.807) is 30.3 Å². The zero-order chi connectivity index (χ0) is 39.5.